The van der Waals surface area contributed by atoms with Crippen LogP contribution in [0.3, 0.4) is 0 Å². The van der Waals surface area contributed by atoms with Gasteiger partial charge in [-0.3, -0.25) is 4.79 Å². The lowest BCUT2D eigenvalue weighted by atomic mass is 9.94. The van der Waals surface area contributed by atoms with Gasteiger partial charge in [-0.25, -0.2) is 4.98 Å². The molecule has 6 heteroatoms. The fraction of sp³-hybridized carbons (Fsp3) is 0.583. The van der Waals surface area contributed by atoms with E-state index in [1.807, 2.05) is 13.8 Å². The number of aromatic nitrogens is 2. The number of nitrogens with one attached hydrogen (secondary N) is 1. The Morgan fingerprint density at radius 1 is 1.56 bits per heavy atom. The van der Waals surface area contributed by atoms with Gasteiger partial charge in [0.1, 0.15) is 0 Å². The maximum atomic E-state index is 10.9. The van der Waals surface area contributed by atoms with Gasteiger partial charge in [0.05, 0.1) is 11.5 Å². The van der Waals surface area contributed by atoms with Gasteiger partial charge >= 0.3 is 5.97 Å². The van der Waals surface area contributed by atoms with Crippen LogP contribution in [0.4, 0.5) is 5.95 Å². The van der Waals surface area contributed by atoms with Crippen LogP contribution in [0.15, 0.2) is 12.3 Å². The predicted octanol–water partition coefficient (Wildman–Crippen LogP) is 1.79. The summed E-state index contributed by atoms with van der Waals surface area (Å²) in [5, 5.41) is 11.9. The second-order valence-electron chi connectivity index (χ2n) is 4.93. The van der Waals surface area contributed by atoms with Crippen LogP contribution in [0.2, 0.25) is 0 Å². The molecule has 100 valence electrons. The highest BCUT2D eigenvalue weighted by Crippen LogP contribution is 2.16. The highest BCUT2D eigenvalue weighted by atomic mass is 16.5. The third kappa shape index (κ3) is 4.20. The predicted molar refractivity (Wildman–Crippen MR) is 67.7 cm³/mol. The van der Waals surface area contributed by atoms with Crippen molar-refractivity contribution in [2.75, 3.05) is 11.9 Å². The fourth-order valence-corrected chi connectivity index (χ4v) is 1.11. The van der Waals surface area contributed by atoms with Crippen LogP contribution in [-0.2, 0) is 4.79 Å². The van der Waals surface area contributed by atoms with E-state index >= 15 is 0 Å². The lowest BCUT2D eigenvalue weighted by molar-refractivity contribution is -0.146. The molecule has 0 unspecified atom stereocenters. The van der Waals surface area contributed by atoms with Gasteiger partial charge in [0, 0.05) is 18.8 Å². The van der Waals surface area contributed by atoms with Gasteiger partial charge in [0.2, 0.25) is 11.8 Å². The van der Waals surface area contributed by atoms with E-state index < -0.39 is 11.4 Å². The molecular weight excluding hydrogens is 234 g/mol. The van der Waals surface area contributed by atoms with Gasteiger partial charge in [-0.05, 0) is 27.7 Å². The van der Waals surface area contributed by atoms with Crippen LogP contribution in [0.1, 0.15) is 27.7 Å². The second kappa shape index (κ2) is 5.66. The Labute approximate surface area is 106 Å². The van der Waals surface area contributed by atoms with E-state index in [0.29, 0.717) is 11.8 Å². The zero-order valence-electron chi connectivity index (χ0n) is 11.1. The van der Waals surface area contributed by atoms with Crippen molar-refractivity contribution in [1.29, 1.82) is 0 Å². The van der Waals surface area contributed by atoms with E-state index in [1.54, 1.807) is 26.1 Å². The van der Waals surface area contributed by atoms with Crippen LogP contribution < -0.4 is 10.1 Å². The highest BCUT2D eigenvalue weighted by molar-refractivity contribution is 5.74. The lowest BCUT2D eigenvalue weighted by Gasteiger charge is -2.19. The Morgan fingerprint density at radius 2 is 2.22 bits per heavy atom. The van der Waals surface area contributed by atoms with Crippen LogP contribution in [0.5, 0.6) is 5.88 Å². The summed E-state index contributed by atoms with van der Waals surface area (Å²) in [6, 6.07) is 1.66. The van der Waals surface area contributed by atoms with Crippen molar-refractivity contribution >= 4 is 11.9 Å². The van der Waals surface area contributed by atoms with Crippen molar-refractivity contribution in [1.82, 2.24) is 9.97 Å². The Morgan fingerprint density at radius 3 is 2.78 bits per heavy atom. The quantitative estimate of drug-likeness (QED) is 0.804. The molecule has 0 fully saturated rings. The lowest BCUT2D eigenvalue weighted by Crippen LogP contribution is -2.32. The largest absolute Gasteiger partial charge is 0.481 e. The minimum atomic E-state index is -0.877. The first kappa shape index (κ1) is 14.2. The van der Waals surface area contributed by atoms with Gasteiger partial charge in [-0.15, -0.1) is 0 Å². The molecule has 0 bridgehead atoms. The summed E-state index contributed by atoms with van der Waals surface area (Å²) in [6.07, 6.45) is 1.60. The number of ether oxygens (including phenoxy) is 1. The average molecular weight is 253 g/mol. The summed E-state index contributed by atoms with van der Waals surface area (Å²) in [5.74, 6) is -0.0392. The first-order valence-corrected chi connectivity index (χ1v) is 5.78. The van der Waals surface area contributed by atoms with Crippen LogP contribution >= 0.6 is 0 Å². The van der Waals surface area contributed by atoms with Crippen LogP contribution in [0.25, 0.3) is 0 Å². The summed E-state index contributed by atoms with van der Waals surface area (Å²) >= 11 is 0. The normalized spacial score (nSPS) is 11.4. The standard InChI is InChI=1S/C12H19N3O3/c1-8(2)18-9-5-6-13-11(15-9)14-7-12(3,4)10(16)17/h5-6,8H,7H2,1-4H3,(H,16,17)(H,13,14,15). The van der Waals surface area contributed by atoms with Crippen LogP contribution in [-0.4, -0.2) is 33.7 Å². The topological polar surface area (TPSA) is 84.3 Å². The minimum Gasteiger partial charge on any atom is -0.481 e. The van der Waals surface area contributed by atoms with Crippen molar-refractivity contribution in [3.8, 4) is 5.88 Å². The number of carboxylic acid groups (broad SMARTS) is 1. The number of hydrogen-bond acceptors (Lipinski definition) is 5. The minimum absolute atomic E-state index is 0.0308. The molecule has 0 aliphatic carbocycles. The molecule has 0 aliphatic rings. The molecular formula is C12H19N3O3. The Balaban J connectivity index is 2.65. The zero-order chi connectivity index (χ0) is 13.8. The first-order chi connectivity index (χ1) is 8.31. The van der Waals surface area contributed by atoms with Crippen molar-refractivity contribution in [2.24, 2.45) is 5.41 Å². The maximum absolute atomic E-state index is 10.9. The summed E-state index contributed by atoms with van der Waals surface area (Å²) < 4.78 is 5.43. The molecule has 18 heavy (non-hydrogen) atoms. The number of nitrogens with zero attached hydrogens (tertiary/aromatic N) is 2. The average Bonchev–Trinajstić information content (AvgIpc) is 2.26. The summed E-state index contributed by atoms with van der Waals surface area (Å²) in [5.41, 5.74) is -0.877. The molecule has 0 radical (unpaired) electrons. The molecule has 1 rings (SSSR count). The highest BCUT2D eigenvalue weighted by Gasteiger charge is 2.27. The third-order valence-electron chi connectivity index (χ3n) is 2.25. The first-order valence-electron chi connectivity index (χ1n) is 5.78. The smallest absolute Gasteiger partial charge is 0.310 e. The monoisotopic (exact) mass is 253 g/mol. The van der Waals surface area contributed by atoms with Gasteiger partial charge in [-0.2, -0.15) is 4.98 Å². The van der Waals surface area contributed by atoms with Crippen molar-refractivity contribution in [2.45, 2.75) is 33.8 Å². The van der Waals surface area contributed by atoms with Gasteiger partial charge in [0.25, 0.3) is 0 Å². The van der Waals surface area contributed by atoms with Crippen molar-refractivity contribution < 1.29 is 14.6 Å². The third-order valence-corrected chi connectivity index (χ3v) is 2.25. The molecule has 0 spiro atoms. The molecule has 0 saturated carbocycles. The van der Waals surface area contributed by atoms with E-state index in [0.717, 1.165) is 0 Å². The van der Waals surface area contributed by atoms with Gasteiger partial charge < -0.3 is 15.2 Å². The Kier molecular flexibility index (Phi) is 4.47. The molecule has 0 aliphatic heterocycles. The van der Waals surface area contributed by atoms with Crippen LogP contribution in [0, 0.1) is 5.41 Å². The van der Waals surface area contributed by atoms with Gasteiger partial charge in [-0.1, -0.05) is 0 Å². The summed E-state index contributed by atoms with van der Waals surface area (Å²) in [4.78, 5) is 19.1. The molecule has 0 amide bonds. The van der Waals surface area contributed by atoms with Crippen molar-refractivity contribution in [3.63, 3.8) is 0 Å². The number of rotatable bonds is 6. The summed E-state index contributed by atoms with van der Waals surface area (Å²) in [7, 11) is 0. The molecule has 1 aromatic rings. The number of carbonyl (C=O) groups is 1. The number of carboxylic acids is 1. The zero-order valence-corrected chi connectivity index (χ0v) is 11.1. The number of hydrogen-bond donors (Lipinski definition) is 2. The molecule has 0 atom stereocenters. The SMILES string of the molecule is CC(C)Oc1ccnc(NCC(C)(C)C(=O)O)n1. The van der Waals surface area contributed by atoms with E-state index in [2.05, 4.69) is 15.3 Å². The van der Waals surface area contributed by atoms with E-state index in [-0.39, 0.29) is 12.6 Å². The molecule has 0 aromatic carbocycles. The number of anilines is 1. The molecule has 0 saturated heterocycles. The molecule has 1 aromatic heterocycles. The van der Waals surface area contributed by atoms with Gasteiger partial charge in [0.15, 0.2) is 0 Å². The summed E-state index contributed by atoms with van der Waals surface area (Å²) in [6.45, 7) is 7.33. The van der Waals surface area contributed by atoms with E-state index in [9.17, 15) is 4.79 Å². The van der Waals surface area contributed by atoms with Crippen molar-refractivity contribution in [3.05, 3.63) is 12.3 Å². The molecule has 1 heterocycles. The fourth-order valence-electron chi connectivity index (χ4n) is 1.11. The molecule has 2 N–H and O–H groups in total. The maximum Gasteiger partial charge on any atom is 0.310 e. The molecule has 6 nitrogen and oxygen atoms in total. The Bertz CT molecular complexity index is 419. The number of aliphatic carboxylic acids is 1. The van der Waals surface area contributed by atoms with E-state index in [1.165, 1.54) is 0 Å². The second-order valence-corrected chi connectivity index (χ2v) is 4.93. The van der Waals surface area contributed by atoms with E-state index in [4.69, 9.17) is 9.84 Å². The Hall–Kier alpha value is -1.85.